The number of amides is 2. The Morgan fingerprint density at radius 2 is 2.19 bits per heavy atom. The van der Waals surface area contributed by atoms with Crippen LogP contribution in [0.2, 0.25) is 0 Å². The van der Waals surface area contributed by atoms with Gasteiger partial charge in [-0.1, -0.05) is 6.92 Å². The molecule has 1 aliphatic rings. The maximum Gasteiger partial charge on any atom is 0.230 e. The van der Waals surface area contributed by atoms with Crippen molar-refractivity contribution in [3.05, 3.63) is 17.5 Å². The first-order chi connectivity index (χ1) is 7.50. The van der Waals surface area contributed by atoms with Crippen molar-refractivity contribution in [1.29, 1.82) is 0 Å². The summed E-state index contributed by atoms with van der Waals surface area (Å²) in [5.74, 6) is -0.614. The average Bonchev–Trinajstić information content (AvgIpc) is 2.54. The van der Waals surface area contributed by atoms with Crippen LogP contribution in [-0.2, 0) is 16.6 Å². The highest BCUT2D eigenvalue weighted by Crippen LogP contribution is 2.32. The van der Waals surface area contributed by atoms with E-state index in [2.05, 4.69) is 10.4 Å². The van der Waals surface area contributed by atoms with Crippen molar-refractivity contribution in [2.45, 2.75) is 26.2 Å². The summed E-state index contributed by atoms with van der Waals surface area (Å²) in [6.45, 7) is 3.80. The number of hydrogen-bond donors (Lipinski definition) is 1. The highest BCUT2D eigenvalue weighted by atomic mass is 16.2. The zero-order valence-corrected chi connectivity index (χ0v) is 9.65. The smallest absolute Gasteiger partial charge is 0.230 e. The number of nitrogens with zero attached hydrogens (tertiary/aromatic N) is 2. The van der Waals surface area contributed by atoms with Crippen LogP contribution in [0.4, 0.5) is 0 Å². The Morgan fingerprint density at radius 1 is 1.50 bits per heavy atom. The van der Waals surface area contributed by atoms with Crippen LogP contribution in [0.25, 0.3) is 0 Å². The molecular weight excluding hydrogens is 206 g/mol. The van der Waals surface area contributed by atoms with E-state index in [9.17, 15) is 9.59 Å². The Morgan fingerprint density at radius 3 is 2.75 bits per heavy atom. The number of rotatable bonds is 1. The molecule has 2 unspecified atom stereocenters. The fraction of sp³-hybridized carbons (Fsp3) is 0.545. The highest BCUT2D eigenvalue weighted by molar-refractivity contribution is 5.99. The Balaban J connectivity index is 2.35. The fourth-order valence-electron chi connectivity index (χ4n) is 2.12. The van der Waals surface area contributed by atoms with Crippen LogP contribution >= 0.6 is 0 Å². The summed E-state index contributed by atoms with van der Waals surface area (Å²) in [6.07, 6.45) is 2.11. The average molecular weight is 221 g/mol. The van der Waals surface area contributed by atoms with E-state index in [0.29, 0.717) is 6.42 Å². The molecule has 1 saturated heterocycles. The van der Waals surface area contributed by atoms with Gasteiger partial charge in [0.05, 0.1) is 6.20 Å². The molecule has 2 heterocycles. The Hall–Kier alpha value is -1.65. The lowest BCUT2D eigenvalue weighted by Gasteiger charge is -2.27. The molecule has 2 rings (SSSR count). The molecule has 0 spiro atoms. The SMILES string of the molecule is Cc1c(C2CC(=O)NC(=O)C2C)cnn1C. The molecule has 5 heteroatoms. The molecule has 0 saturated carbocycles. The van der Waals surface area contributed by atoms with E-state index in [4.69, 9.17) is 0 Å². The lowest BCUT2D eigenvalue weighted by Crippen LogP contribution is -2.43. The number of aromatic nitrogens is 2. The summed E-state index contributed by atoms with van der Waals surface area (Å²) in [7, 11) is 1.86. The molecule has 86 valence electrons. The second-order valence-electron chi connectivity index (χ2n) is 4.32. The molecule has 5 nitrogen and oxygen atoms in total. The summed E-state index contributed by atoms with van der Waals surface area (Å²) >= 11 is 0. The first kappa shape index (κ1) is 10.9. The van der Waals surface area contributed by atoms with Gasteiger partial charge in [-0.15, -0.1) is 0 Å². The van der Waals surface area contributed by atoms with Gasteiger partial charge >= 0.3 is 0 Å². The minimum absolute atomic E-state index is 0.0463. The number of imide groups is 1. The van der Waals surface area contributed by atoms with Gasteiger partial charge in [0.2, 0.25) is 11.8 Å². The van der Waals surface area contributed by atoms with Crippen LogP contribution in [-0.4, -0.2) is 21.6 Å². The molecule has 1 aromatic heterocycles. The largest absolute Gasteiger partial charge is 0.296 e. The molecule has 1 fully saturated rings. The molecule has 2 atom stereocenters. The summed E-state index contributed by atoms with van der Waals surface area (Å²) in [5, 5.41) is 6.50. The second-order valence-corrected chi connectivity index (χ2v) is 4.32. The van der Waals surface area contributed by atoms with Gasteiger partial charge in [0.15, 0.2) is 0 Å². The zero-order chi connectivity index (χ0) is 11.9. The summed E-state index contributed by atoms with van der Waals surface area (Å²) < 4.78 is 1.76. The first-order valence-electron chi connectivity index (χ1n) is 5.33. The predicted octanol–water partition coefficient (Wildman–Crippen LogP) is 0.495. The van der Waals surface area contributed by atoms with E-state index >= 15 is 0 Å². The minimum atomic E-state index is -0.198. The third-order valence-corrected chi connectivity index (χ3v) is 3.36. The molecular formula is C11H15N3O2. The van der Waals surface area contributed by atoms with Crippen molar-refractivity contribution in [2.24, 2.45) is 13.0 Å². The Bertz CT molecular complexity index is 450. The number of carbonyl (C=O) groups is 2. The van der Waals surface area contributed by atoms with E-state index in [1.165, 1.54) is 0 Å². The quantitative estimate of drug-likeness (QED) is 0.702. The summed E-state index contributed by atoms with van der Waals surface area (Å²) in [4.78, 5) is 22.9. The second kappa shape index (κ2) is 3.73. The van der Waals surface area contributed by atoms with Gasteiger partial charge in [0.1, 0.15) is 0 Å². The van der Waals surface area contributed by atoms with Crippen molar-refractivity contribution in [1.82, 2.24) is 15.1 Å². The minimum Gasteiger partial charge on any atom is -0.296 e. The van der Waals surface area contributed by atoms with Gasteiger partial charge in [0, 0.05) is 31.0 Å². The topological polar surface area (TPSA) is 64.0 Å². The normalized spacial score (nSPS) is 25.7. The van der Waals surface area contributed by atoms with Crippen LogP contribution in [0.1, 0.15) is 30.5 Å². The molecule has 16 heavy (non-hydrogen) atoms. The third kappa shape index (κ3) is 1.62. The van der Waals surface area contributed by atoms with E-state index in [1.807, 2.05) is 20.9 Å². The first-order valence-corrected chi connectivity index (χ1v) is 5.33. The summed E-state index contributed by atoms with van der Waals surface area (Å²) in [6, 6.07) is 0. The highest BCUT2D eigenvalue weighted by Gasteiger charge is 2.35. The van der Waals surface area contributed by atoms with Gasteiger partial charge in [-0.2, -0.15) is 5.10 Å². The zero-order valence-electron chi connectivity index (χ0n) is 9.65. The molecule has 0 bridgehead atoms. The van der Waals surface area contributed by atoms with Crippen LogP contribution in [0.15, 0.2) is 6.20 Å². The Kier molecular flexibility index (Phi) is 2.53. The van der Waals surface area contributed by atoms with E-state index < -0.39 is 0 Å². The molecule has 0 aromatic carbocycles. The van der Waals surface area contributed by atoms with Crippen LogP contribution in [0.5, 0.6) is 0 Å². The number of aryl methyl sites for hydroxylation is 1. The van der Waals surface area contributed by atoms with Crippen molar-refractivity contribution >= 4 is 11.8 Å². The third-order valence-electron chi connectivity index (χ3n) is 3.36. The van der Waals surface area contributed by atoms with Crippen LogP contribution in [0.3, 0.4) is 0 Å². The van der Waals surface area contributed by atoms with E-state index in [1.54, 1.807) is 10.9 Å². The molecule has 1 aliphatic heterocycles. The van der Waals surface area contributed by atoms with Gasteiger partial charge < -0.3 is 0 Å². The lowest BCUT2D eigenvalue weighted by atomic mass is 9.82. The maximum atomic E-state index is 11.5. The summed E-state index contributed by atoms with van der Waals surface area (Å²) in [5.41, 5.74) is 2.01. The van der Waals surface area contributed by atoms with Gasteiger partial charge in [-0.05, 0) is 12.5 Å². The van der Waals surface area contributed by atoms with E-state index in [-0.39, 0.29) is 23.7 Å². The van der Waals surface area contributed by atoms with Gasteiger partial charge in [-0.25, -0.2) is 0 Å². The van der Waals surface area contributed by atoms with Crippen LogP contribution in [0, 0.1) is 12.8 Å². The van der Waals surface area contributed by atoms with Crippen molar-refractivity contribution in [3.8, 4) is 0 Å². The molecule has 0 radical (unpaired) electrons. The molecule has 0 aliphatic carbocycles. The number of hydrogen-bond acceptors (Lipinski definition) is 3. The molecule has 1 N–H and O–H groups in total. The van der Waals surface area contributed by atoms with Crippen LogP contribution < -0.4 is 5.32 Å². The standard InChI is InChI=1S/C11H15N3O2/c1-6-8(4-10(15)13-11(6)16)9-5-12-14(3)7(9)2/h5-6,8H,4H2,1-3H3,(H,13,15,16). The fourth-order valence-corrected chi connectivity index (χ4v) is 2.12. The molecule has 1 aromatic rings. The van der Waals surface area contributed by atoms with Crippen molar-refractivity contribution < 1.29 is 9.59 Å². The van der Waals surface area contributed by atoms with Crippen molar-refractivity contribution in [3.63, 3.8) is 0 Å². The lowest BCUT2D eigenvalue weighted by molar-refractivity contribution is -0.136. The number of carbonyl (C=O) groups excluding carboxylic acids is 2. The maximum absolute atomic E-state index is 11.5. The van der Waals surface area contributed by atoms with Gasteiger partial charge in [-0.3, -0.25) is 19.6 Å². The number of nitrogens with one attached hydrogen (secondary N) is 1. The molecule has 2 amide bonds. The van der Waals surface area contributed by atoms with E-state index in [0.717, 1.165) is 11.3 Å². The van der Waals surface area contributed by atoms with Gasteiger partial charge in [0.25, 0.3) is 0 Å². The Labute approximate surface area is 93.8 Å². The number of piperidine rings is 1. The monoisotopic (exact) mass is 221 g/mol. The predicted molar refractivity (Wildman–Crippen MR) is 57.6 cm³/mol. The van der Waals surface area contributed by atoms with Crippen molar-refractivity contribution in [2.75, 3.05) is 0 Å².